The Morgan fingerprint density at radius 2 is 1.61 bits per heavy atom. The largest absolute Gasteiger partial charge is 0.536 e. The SMILES string of the molecule is CO[Si](OC)(OCc1cccc2cccnc12)c1ccccc1. The molecule has 5 heteroatoms. The highest BCUT2D eigenvalue weighted by Crippen LogP contribution is 2.19. The van der Waals surface area contributed by atoms with Gasteiger partial charge in [0.25, 0.3) is 0 Å². The topological polar surface area (TPSA) is 40.6 Å². The van der Waals surface area contributed by atoms with Gasteiger partial charge in [-0.1, -0.05) is 54.6 Å². The van der Waals surface area contributed by atoms with Gasteiger partial charge >= 0.3 is 8.80 Å². The van der Waals surface area contributed by atoms with Crippen LogP contribution in [0.5, 0.6) is 0 Å². The first kappa shape index (κ1) is 15.8. The molecule has 3 rings (SSSR count). The van der Waals surface area contributed by atoms with Crippen molar-refractivity contribution in [3.63, 3.8) is 0 Å². The van der Waals surface area contributed by atoms with E-state index in [4.69, 9.17) is 13.3 Å². The third-order valence-electron chi connectivity index (χ3n) is 3.80. The number of benzene rings is 2. The van der Waals surface area contributed by atoms with Crippen molar-refractivity contribution in [2.45, 2.75) is 6.61 Å². The summed E-state index contributed by atoms with van der Waals surface area (Å²) in [6.45, 7) is 0.386. The average Bonchev–Trinajstić information content (AvgIpc) is 2.64. The molecule has 118 valence electrons. The zero-order valence-corrected chi connectivity index (χ0v) is 14.2. The first-order chi connectivity index (χ1) is 11.3. The number of pyridine rings is 1. The molecule has 0 aliphatic rings. The van der Waals surface area contributed by atoms with Crippen LogP contribution in [0, 0.1) is 0 Å². The van der Waals surface area contributed by atoms with Crippen molar-refractivity contribution in [1.82, 2.24) is 4.98 Å². The zero-order valence-electron chi connectivity index (χ0n) is 13.2. The minimum atomic E-state index is -2.92. The summed E-state index contributed by atoms with van der Waals surface area (Å²) in [4.78, 5) is 4.46. The Bertz CT molecular complexity index is 770. The summed E-state index contributed by atoms with van der Waals surface area (Å²) >= 11 is 0. The van der Waals surface area contributed by atoms with Crippen molar-refractivity contribution < 1.29 is 13.3 Å². The maximum atomic E-state index is 6.16. The van der Waals surface area contributed by atoms with Gasteiger partial charge in [-0.15, -0.1) is 0 Å². The zero-order chi connectivity index (χ0) is 16.1. The smallest absolute Gasteiger partial charge is 0.373 e. The van der Waals surface area contributed by atoms with E-state index in [1.807, 2.05) is 60.7 Å². The summed E-state index contributed by atoms with van der Waals surface area (Å²) in [5.41, 5.74) is 1.96. The van der Waals surface area contributed by atoms with E-state index in [0.717, 1.165) is 21.7 Å². The second-order valence-corrected chi connectivity index (χ2v) is 7.91. The lowest BCUT2D eigenvalue weighted by atomic mass is 10.1. The highest BCUT2D eigenvalue weighted by molar-refractivity contribution is 6.75. The van der Waals surface area contributed by atoms with Crippen LogP contribution in [0.4, 0.5) is 0 Å². The summed E-state index contributed by atoms with van der Waals surface area (Å²) in [6, 6.07) is 19.9. The summed E-state index contributed by atoms with van der Waals surface area (Å²) in [5.74, 6) is 0. The third kappa shape index (κ3) is 3.18. The van der Waals surface area contributed by atoms with E-state index in [1.54, 1.807) is 20.4 Å². The molecule has 0 amide bonds. The molecule has 0 saturated heterocycles. The molecule has 4 nitrogen and oxygen atoms in total. The summed E-state index contributed by atoms with van der Waals surface area (Å²) in [5, 5.41) is 2.04. The second kappa shape index (κ2) is 7.02. The van der Waals surface area contributed by atoms with Crippen molar-refractivity contribution in [1.29, 1.82) is 0 Å². The van der Waals surface area contributed by atoms with Gasteiger partial charge in [-0.25, -0.2) is 0 Å². The number of aromatic nitrogens is 1. The second-order valence-electron chi connectivity index (χ2n) is 5.11. The van der Waals surface area contributed by atoms with Gasteiger partial charge < -0.3 is 13.3 Å². The Kier molecular flexibility index (Phi) is 4.83. The maximum Gasteiger partial charge on any atom is 0.536 e. The highest BCUT2D eigenvalue weighted by atomic mass is 28.4. The van der Waals surface area contributed by atoms with Crippen LogP contribution in [0.15, 0.2) is 66.9 Å². The number of nitrogens with zero attached hydrogens (tertiary/aromatic N) is 1. The molecule has 0 aliphatic heterocycles. The number of rotatable bonds is 6. The molecule has 23 heavy (non-hydrogen) atoms. The van der Waals surface area contributed by atoms with Crippen molar-refractivity contribution in [2.24, 2.45) is 0 Å². The molecule has 0 spiro atoms. The van der Waals surface area contributed by atoms with Gasteiger partial charge in [-0.3, -0.25) is 4.98 Å². The molecular formula is C18H19NO3Si. The molecule has 0 N–H and O–H groups in total. The van der Waals surface area contributed by atoms with Crippen molar-refractivity contribution in [3.05, 3.63) is 72.4 Å². The van der Waals surface area contributed by atoms with Crippen LogP contribution < -0.4 is 5.19 Å². The fraction of sp³-hybridized carbons (Fsp3) is 0.167. The fourth-order valence-electron chi connectivity index (χ4n) is 2.62. The van der Waals surface area contributed by atoms with E-state index >= 15 is 0 Å². The van der Waals surface area contributed by atoms with Crippen LogP contribution in [-0.2, 0) is 19.9 Å². The Morgan fingerprint density at radius 3 is 2.35 bits per heavy atom. The van der Waals surface area contributed by atoms with Gasteiger partial charge in [0.05, 0.1) is 12.1 Å². The van der Waals surface area contributed by atoms with E-state index in [-0.39, 0.29) is 0 Å². The van der Waals surface area contributed by atoms with Gasteiger partial charge in [0.15, 0.2) is 0 Å². The van der Waals surface area contributed by atoms with E-state index < -0.39 is 8.80 Å². The quantitative estimate of drug-likeness (QED) is 0.654. The summed E-state index contributed by atoms with van der Waals surface area (Å²) in [7, 11) is 0.341. The Morgan fingerprint density at radius 1 is 0.870 bits per heavy atom. The molecule has 1 aromatic heterocycles. The predicted octanol–water partition coefficient (Wildman–Crippen LogP) is 2.89. The van der Waals surface area contributed by atoms with Crippen molar-refractivity contribution >= 4 is 24.9 Å². The predicted molar refractivity (Wildman–Crippen MR) is 92.4 cm³/mol. The van der Waals surface area contributed by atoms with Gasteiger partial charge in [0.1, 0.15) is 0 Å². The first-order valence-electron chi connectivity index (χ1n) is 7.41. The Hall–Kier alpha value is -2.05. The molecule has 0 bridgehead atoms. The maximum absolute atomic E-state index is 6.16. The first-order valence-corrected chi connectivity index (χ1v) is 9.14. The standard InChI is InChI=1S/C18H19NO3Si/c1-20-23(21-2,17-11-4-3-5-12-17)22-14-16-9-6-8-15-10-7-13-19-18(15)16/h3-13H,14H2,1-2H3. The van der Waals surface area contributed by atoms with Crippen molar-refractivity contribution in [2.75, 3.05) is 14.2 Å². The Balaban J connectivity index is 1.90. The lowest BCUT2D eigenvalue weighted by Gasteiger charge is -2.26. The van der Waals surface area contributed by atoms with Crippen LogP contribution >= 0.6 is 0 Å². The number of hydrogen-bond acceptors (Lipinski definition) is 4. The lowest BCUT2D eigenvalue weighted by molar-refractivity contribution is 0.107. The molecule has 0 radical (unpaired) electrons. The fourth-order valence-corrected chi connectivity index (χ4v) is 4.61. The minimum absolute atomic E-state index is 0.386. The highest BCUT2D eigenvalue weighted by Gasteiger charge is 2.41. The summed E-state index contributed by atoms with van der Waals surface area (Å²) in [6.07, 6.45) is 1.79. The van der Waals surface area contributed by atoms with Crippen LogP contribution in [0.3, 0.4) is 0 Å². The monoisotopic (exact) mass is 325 g/mol. The van der Waals surface area contributed by atoms with Gasteiger partial charge in [-0.05, 0) is 6.07 Å². The van der Waals surface area contributed by atoms with Crippen LogP contribution in [0.2, 0.25) is 0 Å². The normalized spacial score (nSPS) is 11.7. The number of para-hydroxylation sites is 1. The van der Waals surface area contributed by atoms with E-state index in [9.17, 15) is 0 Å². The van der Waals surface area contributed by atoms with Crippen LogP contribution in [-0.4, -0.2) is 28.0 Å². The van der Waals surface area contributed by atoms with Crippen LogP contribution in [0.25, 0.3) is 10.9 Å². The minimum Gasteiger partial charge on any atom is -0.373 e. The average molecular weight is 325 g/mol. The molecule has 0 fully saturated rings. The van der Waals surface area contributed by atoms with Gasteiger partial charge in [-0.2, -0.15) is 0 Å². The van der Waals surface area contributed by atoms with E-state index in [1.165, 1.54) is 0 Å². The van der Waals surface area contributed by atoms with Gasteiger partial charge in [0.2, 0.25) is 0 Å². The lowest BCUT2D eigenvalue weighted by Crippen LogP contribution is -2.55. The molecular weight excluding hydrogens is 306 g/mol. The summed E-state index contributed by atoms with van der Waals surface area (Å²) < 4.78 is 17.5. The molecule has 0 atom stereocenters. The number of hydrogen-bond donors (Lipinski definition) is 0. The molecule has 2 aromatic carbocycles. The van der Waals surface area contributed by atoms with Gasteiger partial charge in [0, 0.05) is 36.6 Å². The van der Waals surface area contributed by atoms with Crippen LogP contribution in [0.1, 0.15) is 5.56 Å². The number of fused-ring (bicyclic) bond motifs is 1. The Labute approximate surface area is 137 Å². The van der Waals surface area contributed by atoms with Crippen molar-refractivity contribution in [3.8, 4) is 0 Å². The molecule has 0 aliphatic carbocycles. The third-order valence-corrected chi connectivity index (χ3v) is 6.44. The van der Waals surface area contributed by atoms with E-state index in [0.29, 0.717) is 6.61 Å². The molecule has 0 saturated carbocycles. The molecule has 3 aromatic rings. The van der Waals surface area contributed by atoms with E-state index in [2.05, 4.69) is 4.98 Å². The molecule has 0 unspecified atom stereocenters. The molecule has 1 heterocycles.